The molecule has 41 heavy (non-hydrogen) atoms. The van der Waals surface area contributed by atoms with Gasteiger partial charge in [-0.2, -0.15) is 5.26 Å². The summed E-state index contributed by atoms with van der Waals surface area (Å²) >= 11 is 1.77. The van der Waals surface area contributed by atoms with Crippen molar-refractivity contribution in [2.24, 2.45) is 0 Å². The molecule has 0 aliphatic carbocycles. The van der Waals surface area contributed by atoms with Gasteiger partial charge in [-0.15, -0.1) is 11.3 Å². The van der Waals surface area contributed by atoms with Gasteiger partial charge in [0, 0.05) is 37.0 Å². The number of thiophene rings is 1. The first-order valence-corrected chi connectivity index (χ1v) is 14.5. The first-order chi connectivity index (χ1) is 20.3. The molecule has 0 unspecified atom stereocenters. The number of hydrogen-bond acceptors (Lipinski definition) is 2. The Morgan fingerprint density at radius 1 is 0.512 bits per heavy atom. The Kier molecular flexibility index (Phi) is 4.55. The molecule has 0 spiro atoms. The summed E-state index contributed by atoms with van der Waals surface area (Å²) in [4.78, 5) is 0. The van der Waals surface area contributed by atoms with Crippen LogP contribution in [-0.4, -0.2) is 9.13 Å². The van der Waals surface area contributed by atoms with Crippen molar-refractivity contribution in [1.29, 1.82) is 5.26 Å². The van der Waals surface area contributed by atoms with E-state index >= 15 is 0 Å². The molecule has 0 saturated heterocycles. The molecule has 0 aliphatic rings. The average Bonchev–Trinajstić information content (AvgIpc) is 3.69. The molecule has 3 heterocycles. The molecule has 0 N–H and O–H groups in total. The third-order valence-corrected chi connectivity index (χ3v) is 9.53. The summed E-state index contributed by atoms with van der Waals surface area (Å²) in [5.74, 6) is 0. The predicted molar refractivity (Wildman–Crippen MR) is 173 cm³/mol. The zero-order chi connectivity index (χ0) is 27.1. The molecule has 9 aromatic rings. The van der Waals surface area contributed by atoms with Crippen LogP contribution in [0.2, 0.25) is 0 Å². The molecule has 0 bridgehead atoms. The van der Waals surface area contributed by atoms with Crippen molar-refractivity contribution in [3.8, 4) is 17.4 Å². The molecule has 190 valence electrons. The van der Waals surface area contributed by atoms with Crippen molar-refractivity contribution in [2.45, 2.75) is 0 Å². The summed E-state index contributed by atoms with van der Waals surface area (Å²) in [6, 6.07) is 47.6. The van der Waals surface area contributed by atoms with E-state index in [2.05, 4.69) is 143 Å². The van der Waals surface area contributed by atoms with Crippen LogP contribution in [0.25, 0.3) is 75.2 Å². The van der Waals surface area contributed by atoms with E-state index in [0.29, 0.717) is 5.56 Å². The van der Waals surface area contributed by atoms with E-state index in [1.807, 2.05) is 0 Å². The average molecular weight is 540 g/mol. The van der Waals surface area contributed by atoms with Gasteiger partial charge < -0.3 is 9.13 Å². The fourth-order valence-corrected chi connectivity index (χ4v) is 7.95. The summed E-state index contributed by atoms with van der Waals surface area (Å²) in [6.45, 7) is 0. The second kappa shape index (κ2) is 8.32. The molecule has 0 radical (unpaired) electrons. The molecule has 0 atom stereocenters. The third kappa shape index (κ3) is 2.96. The van der Waals surface area contributed by atoms with Crippen molar-refractivity contribution in [3.63, 3.8) is 0 Å². The van der Waals surface area contributed by atoms with Gasteiger partial charge in [0.15, 0.2) is 0 Å². The second-order valence-electron chi connectivity index (χ2n) is 10.4. The largest absolute Gasteiger partial charge is 0.307 e. The van der Waals surface area contributed by atoms with Gasteiger partial charge >= 0.3 is 0 Å². The highest BCUT2D eigenvalue weighted by molar-refractivity contribution is 7.26. The number of nitriles is 1. The number of aromatic nitrogens is 2. The Bertz CT molecular complexity index is 2450. The topological polar surface area (TPSA) is 33.6 Å². The van der Waals surface area contributed by atoms with Gasteiger partial charge in [0.2, 0.25) is 0 Å². The fraction of sp³-hybridized carbons (Fsp3) is 0. The molecule has 0 amide bonds. The first-order valence-electron chi connectivity index (χ1n) is 13.7. The lowest BCUT2D eigenvalue weighted by Gasteiger charge is -2.18. The number of fused-ring (bicyclic) bond motifs is 9. The normalized spacial score (nSPS) is 11.9. The van der Waals surface area contributed by atoms with Crippen molar-refractivity contribution >= 4 is 75.1 Å². The summed E-state index contributed by atoms with van der Waals surface area (Å²) in [6.07, 6.45) is 0. The van der Waals surface area contributed by atoms with Crippen molar-refractivity contribution in [2.75, 3.05) is 0 Å². The van der Waals surface area contributed by atoms with Crippen LogP contribution in [-0.2, 0) is 0 Å². The Morgan fingerprint density at radius 3 is 1.46 bits per heavy atom. The van der Waals surface area contributed by atoms with Crippen LogP contribution >= 0.6 is 11.3 Å². The van der Waals surface area contributed by atoms with E-state index < -0.39 is 0 Å². The number of para-hydroxylation sites is 4. The maximum absolute atomic E-state index is 10.6. The molecule has 9 rings (SSSR count). The molecule has 0 saturated carbocycles. The minimum Gasteiger partial charge on any atom is -0.307 e. The van der Waals surface area contributed by atoms with Gasteiger partial charge in [0.1, 0.15) is 0 Å². The Morgan fingerprint density at radius 2 is 0.951 bits per heavy atom. The number of rotatable bonds is 2. The molecule has 3 aromatic heterocycles. The van der Waals surface area contributed by atoms with Crippen LogP contribution in [0.4, 0.5) is 0 Å². The molecule has 3 nitrogen and oxygen atoms in total. The molecule has 6 aromatic carbocycles. The number of nitrogens with zero attached hydrogens (tertiary/aromatic N) is 3. The minimum atomic E-state index is 0.693. The van der Waals surface area contributed by atoms with Crippen molar-refractivity contribution < 1.29 is 0 Å². The van der Waals surface area contributed by atoms with Crippen LogP contribution in [0, 0.1) is 11.3 Å². The minimum absolute atomic E-state index is 0.693. The van der Waals surface area contributed by atoms with Crippen molar-refractivity contribution in [3.05, 3.63) is 133 Å². The molecule has 0 fully saturated rings. The van der Waals surface area contributed by atoms with E-state index in [4.69, 9.17) is 0 Å². The van der Waals surface area contributed by atoms with Crippen LogP contribution in [0.3, 0.4) is 0 Å². The van der Waals surface area contributed by atoms with E-state index in [1.165, 1.54) is 26.2 Å². The van der Waals surface area contributed by atoms with Gasteiger partial charge in [-0.3, -0.25) is 0 Å². The molecular weight excluding hydrogens is 518 g/mol. The highest BCUT2D eigenvalue weighted by atomic mass is 32.1. The van der Waals surface area contributed by atoms with Gasteiger partial charge in [0.05, 0.1) is 49.8 Å². The quantitative estimate of drug-likeness (QED) is 0.215. The zero-order valence-electron chi connectivity index (χ0n) is 21.9. The smallest absolute Gasteiger partial charge is 0.0999 e. The SMILES string of the molecule is N#Cc1cc(-n2c3ccccc3c3ccccc32)c(-n2c3ccccc3c3ccccc32)c2sc3ccccc3c12. The Hall–Kier alpha value is -5.37. The van der Waals surface area contributed by atoms with Gasteiger partial charge in [-0.05, 0) is 36.4 Å². The van der Waals surface area contributed by atoms with Gasteiger partial charge in [-0.1, -0.05) is 91.0 Å². The van der Waals surface area contributed by atoms with E-state index in [1.54, 1.807) is 11.3 Å². The fourth-order valence-electron chi connectivity index (χ4n) is 6.69. The maximum atomic E-state index is 10.6. The molecular formula is C37H21N3S. The third-order valence-electron chi connectivity index (χ3n) is 8.35. The highest BCUT2D eigenvalue weighted by Gasteiger charge is 2.25. The Balaban J connectivity index is 1.59. The lowest BCUT2D eigenvalue weighted by molar-refractivity contribution is 1.11. The molecule has 0 aliphatic heterocycles. The van der Waals surface area contributed by atoms with E-state index in [-0.39, 0.29) is 0 Å². The van der Waals surface area contributed by atoms with Gasteiger partial charge in [-0.25, -0.2) is 0 Å². The van der Waals surface area contributed by atoms with Crippen LogP contribution in [0.1, 0.15) is 5.56 Å². The zero-order valence-corrected chi connectivity index (χ0v) is 22.7. The monoisotopic (exact) mass is 539 g/mol. The highest BCUT2D eigenvalue weighted by Crippen LogP contribution is 2.46. The standard InChI is InChI=1S/C37H21N3S/c38-22-23-21-33(39-29-16-6-1-11-24(29)25-12-2-7-17-30(25)39)36(37-35(23)28-15-5-10-20-34(28)41-37)40-31-18-8-3-13-26(31)27-14-4-9-19-32(27)40/h1-21H. The number of hydrogen-bond donors (Lipinski definition) is 0. The van der Waals surface area contributed by atoms with Crippen LogP contribution in [0.5, 0.6) is 0 Å². The lowest BCUT2D eigenvalue weighted by Crippen LogP contribution is -2.05. The summed E-state index contributed by atoms with van der Waals surface area (Å²) < 4.78 is 7.07. The maximum Gasteiger partial charge on any atom is 0.0999 e. The number of benzene rings is 6. The van der Waals surface area contributed by atoms with Crippen LogP contribution in [0.15, 0.2) is 127 Å². The van der Waals surface area contributed by atoms with Crippen molar-refractivity contribution in [1.82, 2.24) is 9.13 Å². The van der Waals surface area contributed by atoms with Gasteiger partial charge in [0.25, 0.3) is 0 Å². The van der Waals surface area contributed by atoms with E-state index in [0.717, 1.165) is 48.9 Å². The van der Waals surface area contributed by atoms with E-state index in [9.17, 15) is 5.26 Å². The lowest BCUT2D eigenvalue weighted by atomic mass is 10.0. The summed E-state index contributed by atoms with van der Waals surface area (Å²) in [7, 11) is 0. The molecule has 4 heteroatoms. The first kappa shape index (κ1) is 22.4. The van der Waals surface area contributed by atoms with Crippen LogP contribution < -0.4 is 0 Å². The summed E-state index contributed by atoms with van der Waals surface area (Å²) in [5.41, 5.74) is 7.35. The predicted octanol–water partition coefficient (Wildman–Crippen LogP) is 10.1. The summed E-state index contributed by atoms with van der Waals surface area (Å²) in [5, 5.41) is 17.5. The Labute approximate surface area is 239 Å². The second-order valence-corrected chi connectivity index (χ2v) is 11.5.